The van der Waals surface area contributed by atoms with Crippen molar-refractivity contribution in [2.45, 2.75) is 45.6 Å². The topological polar surface area (TPSA) is 55.1 Å². The number of hydrogen-bond donors (Lipinski definition) is 2. The molecule has 0 aromatic rings. The molecule has 2 saturated carbocycles. The fourth-order valence-electron chi connectivity index (χ4n) is 2.88. The lowest BCUT2D eigenvalue weighted by atomic mass is 9.89. The lowest BCUT2D eigenvalue weighted by molar-refractivity contribution is -0.127. The zero-order valence-electron chi connectivity index (χ0n) is 9.95. The van der Waals surface area contributed by atoms with E-state index in [1.807, 2.05) is 0 Å². The third-order valence-corrected chi connectivity index (χ3v) is 4.75. The number of amides is 1. The molecule has 3 N–H and O–H groups in total. The van der Waals surface area contributed by atoms with Crippen LogP contribution in [-0.2, 0) is 4.79 Å². The Hall–Kier alpha value is -0.640. The molecule has 2 bridgehead atoms. The number of carbonyl (C=O) groups excluding carboxylic acids is 1. The maximum Gasteiger partial charge on any atom is 0.232 e. The summed E-state index contributed by atoms with van der Waals surface area (Å²) >= 11 is 4.93. The summed E-state index contributed by atoms with van der Waals surface area (Å²) in [7, 11) is 0. The lowest BCUT2D eigenvalue weighted by Crippen LogP contribution is -2.49. The van der Waals surface area contributed by atoms with Gasteiger partial charge < -0.3 is 11.1 Å². The van der Waals surface area contributed by atoms with E-state index in [0.29, 0.717) is 12.0 Å². The molecule has 0 aliphatic heterocycles. The van der Waals surface area contributed by atoms with E-state index in [2.05, 4.69) is 5.32 Å². The maximum absolute atomic E-state index is 12.1. The lowest BCUT2D eigenvalue weighted by Gasteiger charge is -2.28. The van der Waals surface area contributed by atoms with Crippen molar-refractivity contribution in [1.82, 2.24) is 5.32 Å². The van der Waals surface area contributed by atoms with Crippen molar-refractivity contribution < 1.29 is 4.79 Å². The first kappa shape index (κ1) is 11.8. The van der Waals surface area contributed by atoms with Crippen molar-refractivity contribution in [3.8, 4) is 0 Å². The predicted octanol–water partition coefficient (Wildman–Crippen LogP) is 1.60. The third kappa shape index (κ3) is 1.95. The molecule has 0 heterocycles. The Bertz CT molecular complexity index is 327. The second kappa shape index (κ2) is 3.99. The quantitative estimate of drug-likeness (QED) is 0.737. The molecule has 16 heavy (non-hydrogen) atoms. The Morgan fingerprint density at radius 2 is 2.06 bits per heavy atom. The van der Waals surface area contributed by atoms with E-state index in [0.717, 1.165) is 12.3 Å². The van der Waals surface area contributed by atoms with Gasteiger partial charge in [-0.05, 0) is 44.9 Å². The van der Waals surface area contributed by atoms with Crippen LogP contribution in [0.3, 0.4) is 0 Å². The summed E-state index contributed by atoms with van der Waals surface area (Å²) in [5.41, 5.74) is 4.87. The summed E-state index contributed by atoms with van der Waals surface area (Å²) in [4.78, 5) is 12.3. The van der Waals surface area contributed by atoms with Gasteiger partial charge in [0.05, 0.1) is 10.4 Å². The smallest absolute Gasteiger partial charge is 0.232 e. The molecule has 90 valence electrons. The van der Waals surface area contributed by atoms with Crippen LogP contribution in [0.25, 0.3) is 0 Å². The average Bonchev–Trinajstić information content (AvgIpc) is 2.78. The van der Waals surface area contributed by atoms with Gasteiger partial charge in [0.25, 0.3) is 0 Å². The van der Waals surface area contributed by atoms with Gasteiger partial charge in [-0.3, -0.25) is 4.79 Å². The van der Waals surface area contributed by atoms with Crippen LogP contribution in [0.4, 0.5) is 0 Å². The van der Waals surface area contributed by atoms with Gasteiger partial charge in [-0.15, -0.1) is 0 Å². The van der Waals surface area contributed by atoms with Gasteiger partial charge in [-0.25, -0.2) is 0 Å². The Kier molecular flexibility index (Phi) is 2.95. The molecule has 1 amide bonds. The zero-order chi connectivity index (χ0) is 11.9. The van der Waals surface area contributed by atoms with Gasteiger partial charge in [0.2, 0.25) is 5.91 Å². The molecular weight excluding hydrogens is 220 g/mol. The summed E-state index contributed by atoms with van der Waals surface area (Å²) in [5.74, 6) is 1.51. The Morgan fingerprint density at radius 3 is 2.50 bits per heavy atom. The molecule has 2 aliphatic rings. The van der Waals surface area contributed by atoms with Gasteiger partial charge in [0.15, 0.2) is 0 Å². The van der Waals surface area contributed by atoms with Gasteiger partial charge in [-0.2, -0.15) is 0 Å². The van der Waals surface area contributed by atoms with Crippen molar-refractivity contribution in [1.29, 1.82) is 0 Å². The van der Waals surface area contributed by atoms with Crippen LogP contribution in [-0.4, -0.2) is 16.9 Å². The minimum absolute atomic E-state index is 0.0162. The van der Waals surface area contributed by atoms with Crippen molar-refractivity contribution in [2.24, 2.45) is 23.0 Å². The summed E-state index contributed by atoms with van der Waals surface area (Å²) in [6.07, 6.45) is 5.04. The highest BCUT2D eigenvalue weighted by atomic mass is 32.1. The molecule has 0 aromatic heterocycles. The summed E-state index contributed by atoms with van der Waals surface area (Å²) in [5, 5.41) is 3.13. The molecule has 0 aromatic carbocycles. The van der Waals surface area contributed by atoms with E-state index in [9.17, 15) is 4.79 Å². The Labute approximate surface area is 102 Å². The molecule has 2 rings (SSSR count). The van der Waals surface area contributed by atoms with E-state index >= 15 is 0 Å². The highest BCUT2D eigenvalue weighted by Crippen LogP contribution is 2.44. The third-order valence-electron chi connectivity index (χ3n) is 4.24. The Balaban J connectivity index is 1.95. The van der Waals surface area contributed by atoms with Crippen molar-refractivity contribution >= 4 is 23.1 Å². The molecule has 3 unspecified atom stereocenters. The number of rotatable bonds is 3. The predicted molar refractivity (Wildman–Crippen MR) is 67.9 cm³/mol. The summed E-state index contributed by atoms with van der Waals surface area (Å²) in [6, 6.07) is 0.361. The highest BCUT2D eigenvalue weighted by Gasteiger charge is 2.42. The molecular formula is C12H20N2OS. The molecule has 2 aliphatic carbocycles. The van der Waals surface area contributed by atoms with Crippen LogP contribution in [0.2, 0.25) is 0 Å². The van der Waals surface area contributed by atoms with E-state index in [1.54, 1.807) is 13.8 Å². The van der Waals surface area contributed by atoms with Crippen molar-refractivity contribution in [3.63, 3.8) is 0 Å². The molecule has 2 fully saturated rings. The number of nitrogens with two attached hydrogens (primary N) is 1. The van der Waals surface area contributed by atoms with E-state index in [1.165, 1.54) is 19.3 Å². The largest absolute Gasteiger partial charge is 0.392 e. The molecule has 0 spiro atoms. The van der Waals surface area contributed by atoms with Gasteiger partial charge in [0, 0.05) is 6.04 Å². The number of hydrogen-bond acceptors (Lipinski definition) is 2. The van der Waals surface area contributed by atoms with Gasteiger partial charge in [-0.1, -0.05) is 18.6 Å². The minimum Gasteiger partial charge on any atom is -0.392 e. The fraction of sp³-hybridized carbons (Fsp3) is 0.833. The first-order valence-electron chi connectivity index (χ1n) is 6.02. The highest BCUT2D eigenvalue weighted by molar-refractivity contribution is 7.80. The van der Waals surface area contributed by atoms with E-state index in [-0.39, 0.29) is 10.9 Å². The summed E-state index contributed by atoms with van der Waals surface area (Å²) in [6.45, 7) is 3.58. The summed E-state index contributed by atoms with van der Waals surface area (Å²) < 4.78 is 0. The van der Waals surface area contributed by atoms with Crippen LogP contribution in [0.1, 0.15) is 39.5 Å². The molecule has 0 saturated heterocycles. The number of nitrogens with one attached hydrogen (secondary N) is 1. The maximum atomic E-state index is 12.1. The molecule has 3 nitrogen and oxygen atoms in total. The van der Waals surface area contributed by atoms with Crippen molar-refractivity contribution in [2.75, 3.05) is 0 Å². The van der Waals surface area contributed by atoms with Crippen LogP contribution >= 0.6 is 12.2 Å². The zero-order valence-corrected chi connectivity index (χ0v) is 10.8. The average molecular weight is 240 g/mol. The first-order valence-corrected chi connectivity index (χ1v) is 6.43. The Morgan fingerprint density at radius 1 is 1.38 bits per heavy atom. The van der Waals surface area contributed by atoms with Crippen LogP contribution < -0.4 is 11.1 Å². The van der Waals surface area contributed by atoms with Crippen LogP contribution in [0, 0.1) is 17.3 Å². The second-order valence-electron chi connectivity index (χ2n) is 5.74. The van der Waals surface area contributed by atoms with Gasteiger partial charge >= 0.3 is 0 Å². The number of carbonyl (C=O) groups is 1. The molecule has 0 radical (unpaired) electrons. The van der Waals surface area contributed by atoms with Gasteiger partial charge in [0.1, 0.15) is 0 Å². The first-order chi connectivity index (χ1) is 7.41. The standard InChI is InChI=1S/C12H20N2OS/c1-12(2,10(13)16)11(15)14-9-6-7-3-4-8(9)5-7/h7-9H,3-6H2,1-2H3,(H2,13,16)(H,14,15). The second-order valence-corrected chi connectivity index (χ2v) is 6.18. The molecule has 3 atom stereocenters. The van der Waals surface area contributed by atoms with E-state index < -0.39 is 5.41 Å². The minimum atomic E-state index is -0.725. The van der Waals surface area contributed by atoms with Crippen LogP contribution in [0.15, 0.2) is 0 Å². The fourth-order valence-corrected chi connectivity index (χ4v) is 2.97. The van der Waals surface area contributed by atoms with Crippen LogP contribution in [0.5, 0.6) is 0 Å². The monoisotopic (exact) mass is 240 g/mol. The van der Waals surface area contributed by atoms with Crippen molar-refractivity contribution in [3.05, 3.63) is 0 Å². The normalized spacial score (nSPS) is 32.8. The SMILES string of the molecule is CC(C)(C(=O)NC1CC2CCC1C2)C(N)=S. The number of thiocarbonyl (C=S) groups is 1. The van der Waals surface area contributed by atoms with E-state index in [4.69, 9.17) is 18.0 Å². The number of fused-ring (bicyclic) bond motifs is 2. The molecule has 4 heteroatoms.